The molecule has 1 rings (SSSR count). The smallest absolute Gasteiger partial charge is 0.340 e. The third kappa shape index (κ3) is 5.28. The summed E-state index contributed by atoms with van der Waals surface area (Å²) in [6.45, 7) is 14.7. The maximum absolute atomic E-state index is 11.7. The summed E-state index contributed by atoms with van der Waals surface area (Å²) < 4.78 is 5.34. The van der Waals surface area contributed by atoms with Crippen LogP contribution in [-0.4, -0.2) is 26.2 Å². The Hall–Kier alpha value is -2.02. The van der Waals surface area contributed by atoms with Crippen LogP contribution in [-0.2, 0) is 9.53 Å². The van der Waals surface area contributed by atoms with Crippen LogP contribution in [0.4, 0.5) is 11.4 Å². The Labute approximate surface area is 140 Å². The van der Waals surface area contributed by atoms with Gasteiger partial charge in [-0.2, -0.15) is 0 Å². The van der Waals surface area contributed by atoms with Crippen LogP contribution in [0, 0.1) is 12.5 Å². The van der Waals surface area contributed by atoms with Gasteiger partial charge in [-0.25, -0.2) is 0 Å². The SMILES string of the molecule is C#[N+]c1ccc(N(C)CCOC(=O)C(C)CC)c(C(C)CC)c1. The van der Waals surface area contributed by atoms with Crippen molar-refractivity contribution >= 4 is 17.3 Å². The van der Waals surface area contributed by atoms with Gasteiger partial charge in [-0.1, -0.05) is 27.7 Å². The van der Waals surface area contributed by atoms with E-state index in [1.165, 1.54) is 5.56 Å². The van der Waals surface area contributed by atoms with Crippen molar-refractivity contribution in [1.29, 1.82) is 0 Å². The third-order valence-corrected chi connectivity index (χ3v) is 4.40. The zero-order chi connectivity index (χ0) is 17.4. The number of benzene rings is 1. The lowest BCUT2D eigenvalue weighted by Crippen LogP contribution is -2.26. The quantitative estimate of drug-likeness (QED) is 0.645. The van der Waals surface area contributed by atoms with Crippen LogP contribution < -0.4 is 4.90 Å². The summed E-state index contributed by atoms with van der Waals surface area (Å²) in [4.78, 5) is 17.6. The molecule has 0 amide bonds. The van der Waals surface area contributed by atoms with Crippen LogP contribution in [0.2, 0.25) is 0 Å². The number of rotatable bonds is 8. The summed E-state index contributed by atoms with van der Waals surface area (Å²) in [5.41, 5.74) is 3.13. The van der Waals surface area contributed by atoms with Gasteiger partial charge in [0.1, 0.15) is 6.61 Å². The second-order valence-corrected chi connectivity index (χ2v) is 6.08. The first-order valence-electron chi connectivity index (χ1n) is 8.37. The van der Waals surface area contributed by atoms with E-state index >= 15 is 0 Å². The Morgan fingerprint density at radius 2 is 2.00 bits per heavy atom. The van der Waals surface area contributed by atoms with E-state index in [-0.39, 0.29) is 11.9 Å². The highest BCUT2D eigenvalue weighted by Gasteiger charge is 2.17. The Morgan fingerprint density at radius 3 is 2.57 bits per heavy atom. The van der Waals surface area contributed by atoms with E-state index in [4.69, 9.17) is 11.3 Å². The summed E-state index contributed by atoms with van der Waals surface area (Å²) in [5.74, 6) is 0.249. The minimum Gasteiger partial charge on any atom is -0.464 e. The van der Waals surface area contributed by atoms with Crippen LogP contribution >= 0.6 is 0 Å². The topological polar surface area (TPSA) is 33.9 Å². The van der Waals surface area contributed by atoms with Gasteiger partial charge in [-0.3, -0.25) is 4.79 Å². The molecule has 0 aliphatic carbocycles. The fourth-order valence-electron chi connectivity index (χ4n) is 2.30. The van der Waals surface area contributed by atoms with Crippen molar-refractivity contribution in [3.8, 4) is 6.57 Å². The van der Waals surface area contributed by atoms with Crippen LogP contribution in [0.1, 0.15) is 52.0 Å². The Bertz CT molecular complexity index is 563. The number of anilines is 1. The summed E-state index contributed by atoms with van der Waals surface area (Å²) in [5, 5.41) is 0. The van der Waals surface area contributed by atoms with Crippen LogP contribution in [0.5, 0.6) is 0 Å². The zero-order valence-corrected chi connectivity index (χ0v) is 15.0. The molecular weight excluding hydrogens is 288 g/mol. The molecule has 0 aromatic heterocycles. The second-order valence-electron chi connectivity index (χ2n) is 6.08. The minimum atomic E-state index is -0.125. The first-order valence-corrected chi connectivity index (χ1v) is 8.37. The second kappa shape index (κ2) is 9.19. The molecule has 0 fully saturated rings. The molecule has 0 bridgehead atoms. The molecule has 0 heterocycles. The predicted molar refractivity (Wildman–Crippen MR) is 96.8 cm³/mol. The largest absolute Gasteiger partial charge is 0.464 e. The summed E-state index contributed by atoms with van der Waals surface area (Å²) in [6, 6.07) is 5.97. The van der Waals surface area contributed by atoms with Crippen LogP contribution in [0.15, 0.2) is 18.2 Å². The van der Waals surface area contributed by atoms with Gasteiger partial charge in [0.05, 0.1) is 12.5 Å². The number of likely N-dealkylation sites (N-methyl/N-ethyl adjacent to an activating group) is 1. The van der Waals surface area contributed by atoms with Gasteiger partial charge in [0, 0.05) is 24.9 Å². The molecule has 4 nitrogen and oxygen atoms in total. The highest BCUT2D eigenvalue weighted by atomic mass is 16.5. The van der Waals surface area contributed by atoms with E-state index in [9.17, 15) is 4.79 Å². The number of carbonyl (C=O) groups excluding carboxylic acids is 1. The molecule has 1 aromatic rings. The molecule has 2 atom stereocenters. The number of esters is 1. The van der Waals surface area contributed by atoms with E-state index in [1.807, 2.05) is 39.1 Å². The van der Waals surface area contributed by atoms with Crippen molar-refractivity contribution in [3.63, 3.8) is 0 Å². The fourth-order valence-corrected chi connectivity index (χ4v) is 2.30. The molecule has 1 aromatic carbocycles. The zero-order valence-electron chi connectivity index (χ0n) is 15.0. The fraction of sp³-hybridized carbons (Fsp3) is 0.579. The van der Waals surface area contributed by atoms with Crippen molar-refractivity contribution < 1.29 is 9.53 Å². The lowest BCUT2D eigenvalue weighted by atomic mass is 9.95. The average Bonchev–Trinajstić information content (AvgIpc) is 2.59. The maximum atomic E-state index is 11.7. The maximum Gasteiger partial charge on any atom is 0.340 e. The molecular formula is C19H29N2O2+. The van der Waals surface area contributed by atoms with Crippen LogP contribution in [0.25, 0.3) is 4.85 Å². The van der Waals surface area contributed by atoms with Gasteiger partial charge in [0.2, 0.25) is 0 Å². The predicted octanol–water partition coefficient (Wildman–Crippen LogP) is 4.82. The molecule has 0 aliphatic rings. The lowest BCUT2D eigenvalue weighted by Gasteiger charge is -2.24. The average molecular weight is 317 g/mol. The van der Waals surface area contributed by atoms with Gasteiger partial charge in [-0.15, -0.1) is 0 Å². The number of nitrogens with zero attached hydrogens (tertiary/aromatic N) is 2. The first kappa shape index (κ1) is 19.0. The molecule has 23 heavy (non-hydrogen) atoms. The van der Waals surface area contributed by atoms with Crippen molar-refractivity contribution in [1.82, 2.24) is 0 Å². The number of carbonyl (C=O) groups is 1. The Morgan fingerprint density at radius 1 is 1.30 bits per heavy atom. The van der Waals surface area contributed by atoms with E-state index in [1.54, 1.807) is 0 Å². The lowest BCUT2D eigenvalue weighted by molar-refractivity contribution is -0.147. The molecule has 126 valence electrons. The molecule has 0 spiro atoms. The van der Waals surface area contributed by atoms with E-state index < -0.39 is 0 Å². The van der Waals surface area contributed by atoms with Gasteiger partial charge >= 0.3 is 11.7 Å². The molecule has 0 N–H and O–H groups in total. The number of ether oxygens (including phenoxy) is 1. The van der Waals surface area contributed by atoms with Crippen molar-refractivity contribution in [3.05, 3.63) is 28.6 Å². The standard InChI is InChI=1S/C19H29N2O2/c1-7-14(3)17-13-16(20-5)9-10-18(17)21(6)11-12-23-19(22)15(4)8-2/h5,9-10,13-15H,7-8,11-12H2,1-4,6H3/q+1. The summed E-state index contributed by atoms with van der Waals surface area (Å²) in [7, 11) is 2.01. The van der Waals surface area contributed by atoms with Gasteiger partial charge in [0.25, 0.3) is 6.57 Å². The van der Waals surface area contributed by atoms with E-state index in [0.29, 0.717) is 19.1 Å². The molecule has 0 radical (unpaired) electrons. The highest BCUT2D eigenvalue weighted by Crippen LogP contribution is 2.32. The molecule has 0 saturated heterocycles. The molecule has 0 aliphatic heterocycles. The minimum absolute atomic E-state index is 0.0403. The van der Waals surface area contributed by atoms with Gasteiger partial charge < -0.3 is 9.64 Å². The monoisotopic (exact) mass is 317 g/mol. The number of hydrogen-bond donors (Lipinski definition) is 0. The Kier molecular flexibility index (Phi) is 7.61. The van der Waals surface area contributed by atoms with E-state index in [2.05, 4.69) is 23.6 Å². The highest BCUT2D eigenvalue weighted by molar-refractivity contribution is 5.72. The van der Waals surface area contributed by atoms with Crippen molar-refractivity contribution in [2.24, 2.45) is 5.92 Å². The number of hydrogen-bond acceptors (Lipinski definition) is 3. The van der Waals surface area contributed by atoms with Crippen LogP contribution in [0.3, 0.4) is 0 Å². The van der Waals surface area contributed by atoms with Crippen molar-refractivity contribution in [2.45, 2.75) is 46.5 Å². The normalized spacial score (nSPS) is 13.0. The summed E-state index contributed by atoms with van der Waals surface area (Å²) in [6.07, 6.45) is 1.84. The van der Waals surface area contributed by atoms with Gasteiger partial charge in [-0.05, 0) is 35.2 Å². The third-order valence-electron chi connectivity index (χ3n) is 4.40. The first-order chi connectivity index (χ1) is 10.9. The molecule has 0 saturated carbocycles. The van der Waals surface area contributed by atoms with Gasteiger partial charge in [0.15, 0.2) is 0 Å². The van der Waals surface area contributed by atoms with Crippen molar-refractivity contribution in [2.75, 3.05) is 25.1 Å². The summed E-state index contributed by atoms with van der Waals surface area (Å²) >= 11 is 0. The molecule has 4 heteroatoms. The Balaban J connectivity index is 2.77. The van der Waals surface area contributed by atoms with E-state index in [0.717, 1.165) is 24.2 Å². The molecule has 2 unspecified atom stereocenters.